The van der Waals surface area contributed by atoms with Crippen LogP contribution in [0.25, 0.3) is 0 Å². The summed E-state index contributed by atoms with van der Waals surface area (Å²) in [4.78, 5) is 51.2. The fourth-order valence-electron chi connectivity index (χ4n) is 4.94. The van der Waals surface area contributed by atoms with Crippen LogP contribution >= 0.6 is 0 Å². The zero-order valence-corrected chi connectivity index (χ0v) is 26.0. The van der Waals surface area contributed by atoms with Crippen LogP contribution in [0.5, 0.6) is 0 Å². The predicted molar refractivity (Wildman–Crippen MR) is 172 cm³/mol. The molecule has 4 amide bonds. The first-order valence-electron chi connectivity index (χ1n) is 15.2. The third-order valence-electron chi connectivity index (χ3n) is 7.52. The van der Waals surface area contributed by atoms with E-state index in [2.05, 4.69) is 16.0 Å². The maximum absolute atomic E-state index is 13.5. The van der Waals surface area contributed by atoms with Crippen LogP contribution in [0.1, 0.15) is 43.9 Å². The molecule has 0 fully saturated rings. The molecule has 10 heteroatoms. The van der Waals surface area contributed by atoms with Crippen molar-refractivity contribution in [3.63, 3.8) is 0 Å². The second-order valence-corrected chi connectivity index (χ2v) is 11.6. The van der Waals surface area contributed by atoms with Gasteiger partial charge in [-0.2, -0.15) is 0 Å². The van der Waals surface area contributed by atoms with E-state index in [-0.39, 0.29) is 25.4 Å². The van der Waals surface area contributed by atoms with Gasteiger partial charge in [0.25, 0.3) is 0 Å². The Hall–Kier alpha value is -4.70. The van der Waals surface area contributed by atoms with E-state index in [9.17, 15) is 24.3 Å². The number of carbonyl (C=O) groups excluding carboxylic acids is 4. The number of ether oxygens (including phenoxy) is 1. The summed E-state index contributed by atoms with van der Waals surface area (Å²) in [5, 5.41) is 19.7. The SMILES string of the molecule is CC(C)[C@H](NC(=O)[C@@H](Cc1ccccc1)C[C@H](O)[C@H](Cc1ccccc1)NC(=O)[C@H](C)NC(=O)OCc1ccccc1)C(N)=O. The monoisotopic (exact) mass is 616 g/mol. The lowest BCUT2D eigenvalue weighted by molar-refractivity contribution is -0.131. The molecule has 3 aromatic rings. The number of primary amides is 1. The first kappa shape index (κ1) is 34.8. The molecular formula is C35H44N4O6. The number of nitrogens with one attached hydrogen (secondary N) is 3. The summed E-state index contributed by atoms with van der Waals surface area (Å²) in [6, 6.07) is 25.2. The zero-order chi connectivity index (χ0) is 32.8. The Morgan fingerprint density at radius 1 is 0.711 bits per heavy atom. The molecule has 3 aromatic carbocycles. The molecule has 0 aliphatic carbocycles. The second kappa shape index (κ2) is 17.6. The van der Waals surface area contributed by atoms with Gasteiger partial charge >= 0.3 is 6.09 Å². The van der Waals surface area contributed by atoms with E-state index >= 15 is 0 Å². The van der Waals surface area contributed by atoms with Gasteiger partial charge < -0.3 is 31.5 Å². The number of hydrogen-bond donors (Lipinski definition) is 5. The molecule has 10 nitrogen and oxygen atoms in total. The van der Waals surface area contributed by atoms with Crippen molar-refractivity contribution >= 4 is 23.8 Å². The van der Waals surface area contributed by atoms with Crippen LogP contribution in [-0.2, 0) is 38.6 Å². The highest BCUT2D eigenvalue weighted by molar-refractivity contribution is 5.88. The molecule has 0 aromatic heterocycles. The molecule has 0 aliphatic rings. The first-order valence-corrected chi connectivity index (χ1v) is 15.2. The van der Waals surface area contributed by atoms with Crippen LogP contribution in [0.4, 0.5) is 4.79 Å². The summed E-state index contributed by atoms with van der Waals surface area (Å²) >= 11 is 0. The Kier molecular flexibility index (Phi) is 13.6. The summed E-state index contributed by atoms with van der Waals surface area (Å²) in [7, 11) is 0. The summed E-state index contributed by atoms with van der Waals surface area (Å²) in [6.45, 7) is 5.14. The van der Waals surface area contributed by atoms with Crippen molar-refractivity contribution in [1.82, 2.24) is 16.0 Å². The highest BCUT2D eigenvalue weighted by Gasteiger charge is 2.32. The summed E-state index contributed by atoms with van der Waals surface area (Å²) in [6.07, 6.45) is -1.35. The van der Waals surface area contributed by atoms with E-state index in [1.54, 1.807) is 13.8 Å². The van der Waals surface area contributed by atoms with Crippen molar-refractivity contribution in [3.8, 4) is 0 Å². The lowest BCUT2D eigenvalue weighted by atomic mass is 9.88. The van der Waals surface area contributed by atoms with Gasteiger partial charge in [-0.3, -0.25) is 14.4 Å². The van der Waals surface area contributed by atoms with Gasteiger partial charge in [0.15, 0.2) is 0 Å². The fraction of sp³-hybridized carbons (Fsp3) is 0.371. The molecule has 5 atom stereocenters. The Balaban J connectivity index is 1.74. The summed E-state index contributed by atoms with van der Waals surface area (Å²) in [5.41, 5.74) is 8.10. The number of rotatable bonds is 16. The number of aliphatic hydroxyl groups is 1. The van der Waals surface area contributed by atoms with E-state index < -0.39 is 54.0 Å². The molecule has 0 saturated heterocycles. The molecule has 45 heavy (non-hydrogen) atoms. The minimum absolute atomic E-state index is 0.0109. The van der Waals surface area contributed by atoms with E-state index in [1.807, 2.05) is 91.0 Å². The van der Waals surface area contributed by atoms with Crippen molar-refractivity contribution in [2.45, 2.75) is 70.9 Å². The van der Waals surface area contributed by atoms with Gasteiger partial charge in [-0.15, -0.1) is 0 Å². The van der Waals surface area contributed by atoms with Gasteiger partial charge in [0.05, 0.1) is 12.1 Å². The van der Waals surface area contributed by atoms with Crippen LogP contribution in [0.3, 0.4) is 0 Å². The van der Waals surface area contributed by atoms with Crippen LogP contribution in [-0.4, -0.2) is 53.2 Å². The maximum Gasteiger partial charge on any atom is 0.408 e. The van der Waals surface area contributed by atoms with Crippen LogP contribution in [0.15, 0.2) is 91.0 Å². The lowest BCUT2D eigenvalue weighted by Gasteiger charge is -2.29. The molecule has 3 rings (SSSR count). The standard InChI is InChI=1S/C35H44N4O6/c1-23(2)31(32(36)41)39-34(43)28(19-25-13-7-4-8-14-25)21-30(40)29(20-26-15-9-5-10-16-26)38-33(42)24(3)37-35(44)45-22-27-17-11-6-12-18-27/h4-18,23-24,28-31,40H,19-22H2,1-3H3,(H2,36,41)(H,37,44)(H,38,42)(H,39,43)/t24-,28-,29-,30-,31-/m0/s1. The van der Waals surface area contributed by atoms with Gasteiger partial charge in [0.2, 0.25) is 17.7 Å². The second-order valence-electron chi connectivity index (χ2n) is 11.6. The quantitative estimate of drug-likeness (QED) is 0.166. The average molecular weight is 617 g/mol. The molecule has 6 N–H and O–H groups in total. The molecular weight excluding hydrogens is 572 g/mol. The minimum atomic E-state index is -1.16. The number of aliphatic hydroxyl groups excluding tert-OH is 1. The van der Waals surface area contributed by atoms with E-state index in [1.165, 1.54) is 6.92 Å². The highest BCUT2D eigenvalue weighted by atomic mass is 16.5. The smallest absolute Gasteiger partial charge is 0.408 e. The molecule has 0 unspecified atom stereocenters. The number of benzene rings is 3. The number of carbonyl (C=O) groups is 4. The number of nitrogens with two attached hydrogens (primary N) is 1. The van der Waals surface area contributed by atoms with Crippen molar-refractivity contribution in [2.24, 2.45) is 17.6 Å². The number of alkyl carbamates (subject to hydrolysis) is 1. The normalized spacial score (nSPS) is 14.3. The fourth-order valence-corrected chi connectivity index (χ4v) is 4.94. The van der Waals surface area contributed by atoms with Crippen LogP contribution < -0.4 is 21.7 Å². The number of hydrogen-bond acceptors (Lipinski definition) is 6. The van der Waals surface area contributed by atoms with E-state index in [0.717, 1.165) is 16.7 Å². The van der Waals surface area contributed by atoms with Crippen molar-refractivity contribution in [2.75, 3.05) is 0 Å². The van der Waals surface area contributed by atoms with Gasteiger partial charge in [-0.1, -0.05) is 105 Å². The molecule has 0 heterocycles. The van der Waals surface area contributed by atoms with Crippen molar-refractivity contribution in [3.05, 3.63) is 108 Å². The third-order valence-corrected chi connectivity index (χ3v) is 7.52. The molecule has 0 aliphatic heterocycles. The Labute approximate surface area is 264 Å². The van der Waals surface area contributed by atoms with Gasteiger partial charge in [-0.25, -0.2) is 4.79 Å². The third kappa shape index (κ3) is 11.7. The van der Waals surface area contributed by atoms with Crippen LogP contribution in [0.2, 0.25) is 0 Å². The van der Waals surface area contributed by atoms with E-state index in [4.69, 9.17) is 10.5 Å². The molecule has 0 spiro atoms. The Morgan fingerprint density at radius 2 is 1.22 bits per heavy atom. The summed E-state index contributed by atoms with van der Waals surface area (Å²) in [5.74, 6) is -2.55. The first-order chi connectivity index (χ1) is 21.5. The minimum Gasteiger partial charge on any atom is -0.445 e. The lowest BCUT2D eigenvalue weighted by Crippen LogP contribution is -2.53. The molecule has 0 radical (unpaired) electrons. The zero-order valence-electron chi connectivity index (χ0n) is 26.0. The predicted octanol–water partition coefficient (Wildman–Crippen LogP) is 3.26. The van der Waals surface area contributed by atoms with Crippen LogP contribution in [0, 0.1) is 11.8 Å². The number of amides is 4. The Morgan fingerprint density at radius 3 is 1.73 bits per heavy atom. The van der Waals surface area contributed by atoms with Gasteiger partial charge in [0.1, 0.15) is 18.7 Å². The highest BCUT2D eigenvalue weighted by Crippen LogP contribution is 2.20. The largest absolute Gasteiger partial charge is 0.445 e. The molecule has 0 bridgehead atoms. The average Bonchev–Trinajstić information content (AvgIpc) is 3.03. The van der Waals surface area contributed by atoms with E-state index in [0.29, 0.717) is 6.42 Å². The maximum atomic E-state index is 13.5. The van der Waals surface area contributed by atoms with Gasteiger partial charge in [-0.05, 0) is 48.8 Å². The molecule has 0 saturated carbocycles. The van der Waals surface area contributed by atoms with Gasteiger partial charge in [0, 0.05) is 5.92 Å². The topological polar surface area (TPSA) is 160 Å². The van der Waals surface area contributed by atoms with Crippen molar-refractivity contribution in [1.29, 1.82) is 0 Å². The summed E-state index contributed by atoms with van der Waals surface area (Å²) < 4.78 is 5.24. The molecule has 240 valence electrons. The van der Waals surface area contributed by atoms with Crippen molar-refractivity contribution < 1.29 is 29.0 Å². The Bertz CT molecular complexity index is 1370.